The molecule has 1 rings (SSSR count). The molecule has 0 fully saturated rings. The lowest BCUT2D eigenvalue weighted by Gasteiger charge is -2.02. The van der Waals surface area contributed by atoms with Crippen molar-refractivity contribution in [3.8, 4) is 0 Å². The van der Waals surface area contributed by atoms with Gasteiger partial charge in [-0.05, 0) is 23.8 Å². The zero-order chi connectivity index (χ0) is 9.52. The number of hydrogen-bond donors (Lipinski definition) is 0. The van der Waals surface area contributed by atoms with Gasteiger partial charge in [-0.3, -0.25) is 0 Å². The molecule has 0 saturated heterocycles. The van der Waals surface area contributed by atoms with E-state index in [2.05, 4.69) is 34.1 Å². The monoisotopic (exact) mass is 278 g/mol. The molecule has 0 saturated carbocycles. The fraction of sp³-hybridized carbons (Fsp3) is 0.400. The molecule has 3 heteroatoms. The highest BCUT2D eigenvalue weighted by Gasteiger charge is 1.97. The first kappa shape index (κ1) is 11.4. The smallest absolute Gasteiger partial charge is 0.0231 e. The van der Waals surface area contributed by atoms with Crippen molar-refractivity contribution < 1.29 is 0 Å². The Hall–Kier alpha value is 0.340. The van der Waals surface area contributed by atoms with Gasteiger partial charge in [0.25, 0.3) is 0 Å². The summed E-state index contributed by atoms with van der Waals surface area (Å²) in [5.41, 5.74) is 1.36. The molecular formula is C10H12BrClS. The van der Waals surface area contributed by atoms with Crippen LogP contribution in [0.2, 0.25) is 0 Å². The van der Waals surface area contributed by atoms with E-state index in [9.17, 15) is 0 Å². The second-order valence-corrected chi connectivity index (χ2v) is 5.02. The molecule has 0 unspecified atom stereocenters. The number of thioether (sulfide) groups is 1. The summed E-state index contributed by atoms with van der Waals surface area (Å²) in [6.45, 7) is 0. The summed E-state index contributed by atoms with van der Waals surface area (Å²) in [6, 6.07) is 8.34. The van der Waals surface area contributed by atoms with E-state index < -0.39 is 0 Å². The van der Waals surface area contributed by atoms with E-state index >= 15 is 0 Å². The van der Waals surface area contributed by atoms with Crippen LogP contribution in [0.5, 0.6) is 0 Å². The van der Waals surface area contributed by atoms with Gasteiger partial charge in [-0.15, -0.1) is 11.6 Å². The summed E-state index contributed by atoms with van der Waals surface area (Å²) >= 11 is 11.0. The summed E-state index contributed by atoms with van der Waals surface area (Å²) in [4.78, 5) is 0. The van der Waals surface area contributed by atoms with Crippen LogP contribution in [0.3, 0.4) is 0 Å². The Bertz CT molecular complexity index is 252. The van der Waals surface area contributed by atoms with Crippen molar-refractivity contribution in [3.05, 3.63) is 34.3 Å². The van der Waals surface area contributed by atoms with Gasteiger partial charge in [-0.2, -0.15) is 11.8 Å². The normalized spacial score (nSPS) is 10.3. The van der Waals surface area contributed by atoms with Gasteiger partial charge in [0.2, 0.25) is 0 Å². The van der Waals surface area contributed by atoms with Crippen LogP contribution in [-0.4, -0.2) is 11.6 Å². The largest absolute Gasteiger partial charge is 0.157 e. The molecule has 0 spiro atoms. The Morgan fingerprint density at radius 1 is 1.31 bits per heavy atom. The van der Waals surface area contributed by atoms with Crippen LogP contribution >= 0.6 is 39.3 Å². The van der Waals surface area contributed by atoms with Gasteiger partial charge in [0, 0.05) is 16.1 Å². The molecule has 0 nitrogen and oxygen atoms in total. The second-order valence-electron chi connectivity index (χ2n) is 2.69. The maximum atomic E-state index is 5.59. The summed E-state index contributed by atoms with van der Waals surface area (Å²) in [6.07, 6.45) is 1.09. The highest BCUT2D eigenvalue weighted by atomic mass is 79.9. The number of benzene rings is 1. The van der Waals surface area contributed by atoms with Crippen LogP contribution in [0, 0.1) is 0 Å². The molecule has 0 atom stereocenters. The average molecular weight is 280 g/mol. The predicted octanol–water partition coefficient (Wildman–Crippen LogP) is 4.31. The third kappa shape index (κ3) is 4.39. The van der Waals surface area contributed by atoms with Crippen LogP contribution < -0.4 is 0 Å². The zero-order valence-corrected chi connectivity index (χ0v) is 10.5. The molecule has 13 heavy (non-hydrogen) atoms. The van der Waals surface area contributed by atoms with Gasteiger partial charge in [0.1, 0.15) is 0 Å². The highest BCUT2D eigenvalue weighted by molar-refractivity contribution is 9.10. The number of rotatable bonds is 5. The van der Waals surface area contributed by atoms with Crippen molar-refractivity contribution in [1.82, 2.24) is 0 Å². The van der Waals surface area contributed by atoms with Gasteiger partial charge >= 0.3 is 0 Å². The standard InChI is InChI=1S/C10H12BrClS/c11-10-5-2-1-4-9(10)8-13-7-3-6-12/h1-2,4-5H,3,6-8H2. The van der Waals surface area contributed by atoms with Gasteiger partial charge in [0.05, 0.1) is 0 Å². The van der Waals surface area contributed by atoms with E-state index in [4.69, 9.17) is 11.6 Å². The van der Waals surface area contributed by atoms with Gasteiger partial charge in [-0.1, -0.05) is 34.1 Å². The van der Waals surface area contributed by atoms with Crippen molar-refractivity contribution in [2.24, 2.45) is 0 Å². The molecule has 0 aliphatic rings. The van der Waals surface area contributed by atoms with Crippen molar-refractivity contribution in [3.63, 3.8) is 0 Å². The molecule has 72 valence electrons. The van der Waals surface area contributed by atoms with E-state index in [1.807, 2.05) is 17.8 Å². The van der Waals surface area contributed by atoms with Crippen LogP contribution in [0.4, 0.5) is 0 Å². The Labute approximate surface area is 97.2 Å². The van der Waals surface area contributed by atoms with Crippen LogP contribution in [-0.2, 0) is 5.75 Å². The Kier molecular flexibility index (Phi) is 5.92. The van der Waals surface area contributed by atoms with Crippen LogP contribution in [0.15, 0.2) is 28.7 Å². The lowest BCUT2D eigenvalue weighted by molar-refractivity contribution is 1.11. The second kappa shape index (κ2) is 6.74. The highest BCUT2D eigenvalue weighted by Crippen LogP contribution is 2.21. The minimum atomic E-state index is 0.767. The summed E-state index contributed by atoms with van der Waals surface area (Å²) in [7, 11) is 0. The lowest BCUT2D eigenvalue weighted by atomic mass is 10.2. The summed E-state index contributed by atoms with van der Waals surface area (Å²) in [5.74, 6) is 2.98. The predicted molar refractivity (Wildman–Crippen MR) is 65.6 cm³/mol. The third-order valence-corrected chi connectivity index (χ3v) is 3.77. The molecule has 0 aliphatic carbocycles. The lowest BCUT2D eigenvalue weighted by Crippen LogP contribution is -1.85. The van der Waals surface area contributed by atoms with Crippen LogP contribution in [0.1, 0.15) is 12.0 Å². The zero-order valence-electron chi connectivity index (χ0n) is 7.30. The molecule has 0 amide bonds. The van der Waals surface area contributed by atoms with E-state index in [1.54, 1.807) is 0 Å². The Balaban J connectivity index is 2.32. The molecule has 0 N–H and O–H groups in total. The maximum absolute atomic E-state index is 5.59. The number of hydrogen-bond acceptors (Lipinski definition) is 1. The fourth-order valence-corrected chi connectivity index (χ4v) is 2.82. The fourth-order valence-electron chi connectivity index (χ4n) is 0.954. The van der Waals surface area contributed by atoms with Gasteiger partial charge in [-0.25, -0.2) is 0 Å². The minimum absolute atomic E-state index is 0.767. The molecule has 0 aromatic heterocycles. The maximum Gasteiger partial charge on any atom is 0.0231 e. The average Bonchev–Trinajstić information content (AvgIpc) is 2.15. The molecule has 1 aromatic carbocycles. The van der Waals surface area contributed by atoms with Gasteiger partial charge < -0.3 is 0 Å². The van der Waals surface area contributed by atoms with Gasteiger partial charge in [0.15, 0.2) is 0 Å². The van der Waals surface area contributed by atoms with Crippen molar-refractivity contribution in [2.75, 3.05) is 11.6 Å². The van der Waals surface area contributed by atoms with E-state index in [0.717, 1.165) is 23.8 Å². The van der Waals surface area contributed by atoms with Crippen LogP contribution in [0.25, 0.3) is 0 Å². The molecule has 0 bridgehead atoms. The summed E-state index contributed by atoms with van der Waals surface area (Å²) < 4.78 is 1.20. The van der Waals surface area contributed by atoms with E-state index in [1.165, 1.54) is 10.0 Å². The van der Waals surface area contributed by atoms with Crippen molar-refractivity contribution in [1.29, 1.82) is 0 Å². The molecule has 0 aliphatic heterocycles. The first-order valence-corrected chi connectivity index (χ1v) is 6.70. The molecule has 0 heterocycles. The third-order valence-electron chi connectivity index (χ3n) is 1.64. The summed E-state index contributed by atoms with van der Waals surface area (Å²) in [5, 5.41) is 0. The minimum Gasteiger partial charge on any atom is -0.157 e. The Morgan fingerprint density at radius 3 is 2.77 bits per heavy atom. The first-order chi connectivity index (χ1) is 6.34. The topological polar surface area (TPSA) is 0 Å². The Morgan fingerprint density at radius 2 is 2.08 bits per heavy atom. The SMILES string of the molecule is ClCCCSCc1ccccc1Br. The molecular weight excluding hydrogens is 268 g/mol. The number of alkyl halides is 1. The van der Waals surface area contributed by atoms with E-state index in [-0.39, 0.29) is 0 Å². The molecule has 0 radical (unpaired) electrons. The quantitative estimate of drug-likeness (QED) is 0.572. The van der Waals surface area contributed by atoms with E-state index in [0.29, 0.717) is 0 Å². The molecule has 1 aromatic rings. The number of halogens is 2. The van der Waals surface area contributed by atoms with Crippen molar-refractivity contribution in [2.45, 2.75) is 12.2 Å². The van der Waals surface area contributed by atoms with Crippen molar-refractivity contribution >= 4 is 39.3 Å². The first-order valence-electron chi connectivity index (χ1n) is 4.21.